The first kappa shape index (κ1) is 70.5. The molecule has 0 saturated heterocycles. The topological polar surface area (TPSA) is 111 Å². The molecule has 9 nitrogen and oxygen atoms in total. The van der Waals surface area contributed by atoms with Gasteiger partial charge in [-0.2, -0.15) is 0 Å². The summed E-state index contributed by atoms with van der Waals surface area (Å²) in [6, 6.07) is -0.860. The zero-order valence-electron chi connectivity index (χ0n) is 48.4. The van der Waals surface area contributed by atoms with Crippen LogP contribution in [0.15, 0.2) is 72.9 Å². The number of hydrogen-bond acceptors (Lipinski definition) is 6. The quantitative estimate of drug-likeness (QED) is 0.0205. The van der Waals surface area contributed by atoms with E-state index in [1.807, 2.05) is 33.3 Å². The average Bonchev–Trinajstić information content (AvgIpc) is 3.35. The Morgan fingerprint density at radius 1 is 0.493 bits per heavy atom. The number of likely N-dealkylation sites (N-methyl/N-ethyl adjacent to an activating group) is 1. The molecule has 0 aliphatic rings. The van der Waals surface area contributed by atoms with E-state index in [0.717, 1.165) is 89.9 Å². The Bertz CT molecular complexity index is 1480. The third-order valence-corrected chi connectivity index (χ3v) is 14.1. The van der Waals surface area contributed by atoms with E-state index in [0.29, 0.717) is 23.9 Å². The molecule has 0 aliphatic heterocycles. The van der Waals surface area contributed by atoms with E-state index in [-0.39, 0.29) is 31.5 Å². The number of phosphoric ester groups is 1. The van der Waals surface area contributed by atoms with Crippen molar-refractivity contribution in [1.29, 1.82) is 0 Å². The van der Waals surface area contributed by atoms with Gasteiger partial charge in [-0.1, -0.05) is 229 Å². The van der Waals surface area contributed by atoms with Crippen molar-refractivity contribution in [2.24, 2.45) is 0 Å². The Labute approximate surface area is 451 Å². The van der Waals surface area contributed by atoms with E-state index < -0.39 is 20.0 Å². The molecule has 3 atom stereocenters. The van der Waals surface area contributed by atoms with E-state index in [4.69, 9.17) is 13.8 Å². The first-order chi connectivity index (χ1) is 35.4. The van der Waals surface area contributed by atoms with Gasteiger partial charge in [0.2, 0.25) is 5.91 Å². The van der Waals surface area contributed by atoms with Gasteiger partial charge in [-0.05, 0) is 96.0 Å². The minimum Gasteiger partial charge on any atom is -0.456 e. The summed E-state index contributed by atoms with van der Waals surface area (Å²) in [5.74, 6) is -0.532. The van der Waals surface area contributed by atoms with Gasteiger partial charge in [0.25, 0.3) is 0 Å². The van der Waals surface area contributed by atoms with Crippen LogP contribution in [0.25, 0.3) is 0 Å². The third kappa shape index (κ3) is 54.1. The number of quaternary nitrogens is 1. The number of nitrogens with zero attached hydrogens (tertiary/aromatic N) is 1. The number of unbranched alkanes of at least 4 members (excludes halogenated alkanes) is 28. The van der Waals surface area contributed by atoms with Crippen LogP contribution in [0.1, 0.15) is 265 Å². The number of carbonyl (C=O) groups excluding carboxylic acids is 2. The Kier molecular flexibility index (Phi) is 51.0. The highest BCUT2D eigenvalue weighted by atomic mass is 31.2. The van der Waals surface area contributed by atoms with Gasteiger partial charge in [-0.25, -0.2) is 4.57 Å². The van der Waals surface area contributed by atoms with E-state index in [1.165, 1.54) is 135 Å². The second kappa shape index (κ2) is 52.9. The molecule has 2 N–H and O–H groups in total. The number of carbonyl (C=O) groups is 2. The number of hydrogen-bond donors (Lipinski definition) is 2. The fourth-order valence-electron chi connectivity index (χ4n) is 8.45. The van der Waals surface area contributed by atoms with Crippen molar-refractivity contribution in [3.05, 3.63) is 72.9 Å². The molecule has 424 valence electrons. The van der Waals surface area contributed by atoms with Crippen molar-refractivity contribution >= 4 is 19.7 Å². The van der Waals surface area contributed by atoms with E-state index in [1.54, 1.807) is 0 Å². The summed E-state index contributed by atoms with van der Waals surface area (Å²) in [6.07, 6.45) is 67.5. The van der Waals surface area contributed by atoms with Gasteiger partial charge in [0.15, 0.2) is 0 Å². The van der Waals surface area contributed by atoms with Crippen LogP contribution in [-0.4, -0.2) is 74.3 Å². The van der Waals surface area contributed by atoms with Crippen molar-refractivity contribution in [3.63, 3.8) is 0 Å². The molecular formula is C63H116N2O7P+. The van der Waals surface area contributed by atoms with Gasteiger partial charge in [-0.3, -0.25) is 18.6 Å². The van der Waals surface area contributed by atoms with Crippen LogP contribution >= 0.6 is 7.82 Å². The van der Waals surface area contributed by atoms with Gasteiger partial charge in [0.1, 0.15) is 19.3 Å². The molecule has 0 aromatic rings. The molecule has 1 amide bonds. The number of rotatable bonds is 54. The minimum atomic E-state index is -4.45. The average molecular weight is 1040 g/mol. The fraction of sp³-hybridized carbons (Fsp3) is 0.778. The lowest BCUT2D eigenvalue weighted by Crippen LogP contribution is -2.47. The molecule has 0 aromatic heterocycles. The SMILES string of the molecule is CC/C=C/C/C=C/C/C=C/CCCCCCC(=O)OC(/C=C\CCCCCCCCCCCC)C(COP(=O)(O)OCC[N+](C)(C)C)NC(=O)CCCCCCCCCCCCC/C=C\C/C=C\CCCCC. The normalized spacial score (nSPS) is 14.2. The Morgan fingerprint density at radius 2 is 0.877 bits per heavy atom. The van der Waals surface area contributed by atoms with Crippen LogP contribution in [0.4, 0.5) is 0 Å². The Balaban J connectivity index is 5.26. The molecule has 3 unspecified atom stereocenters. The second-order valence-electron chi connectivity index (χ2n) is 21.5. The lowest BCUT2D eigenvalue weighted by Gasteiger charge is -2.27. The van der Waals surface area contributed by atoms with Gasteiger partial charge >= 0.3 is 13.8 Å². The van der Waals surface area contributed by atoms with Gasteiger partial charge in [0.05, 0.1) is 33.8 Å². The predicted octanol–water partition coefficient (Wildman–Crippen LogP) is 18.4. The van der Waals surface area contributed by atoms with Gasteiger partial charge < -0.3 is 19.4 Å². The zero-order valence-corrected chi connectivity index (χ0v) is 49.3. The maximum Gasteiger partial charge on any atom is 0.472 e. The Hall–Kier alpha value is -2.55. The third-order valence-electron chi connectivity index (χ3n) is 13.1. The monoisotopic (exact) mass is 1040 g/mol. The summed E-state index contributed by atoms with van der Waals surface area (Å²) in [6.45, 7) is 6.86. The highest BCUT2D eigenvalue weighted by Crippen LogP contribution is 2.43. The van der Waals surface area contributed by atoms with Crippen molar-refractivity contribution in [2.45, 2.75) is 277 Å². The molecule has 0 spiro atoms. The summed E-state index contributed by atoms with van der Waals surface area (Å²) >= 11 is 0. The molecule has 0 heterocycles. The van der Waals surface area contributed by atoms with Crippen LogP contribution in [0, 0.1) is 0 Å². The number of phosphoric acid groups is 1. The highest BCUT2D eigenvalue weighted by molar-refractivity contribution is 7.47. The van der Waals surface area contributed by atoms with E-state index in [9.17, 15) is 19.0 Å². The first-order valence-electron chi connectivity index (χ1n) is 30.3. The smallest absolute Gasteiger partial charge is 0.456 e. The van der Waals surface area contributed by atoms with Crippen LogP contribution in [0.3, 0.4) is 0 Å². The van der Waals surface area contributed by atoms with Crippen molar-refractivity contribution in [1.82, 2.24) is 5.32 Å². The van der Waals surface area contributed by atoms with Crippen LogP contribution < -0.4 is 5.32 Å². The lowest BCUT2D eigenvalue weighted by atomic mass is 10.0. The molecule has 10 heteroatoms. The molecule has 0 rings (SSSR count). The number of nitrogens with one attached hydrogen (secondary N) is 1. The molecule has 0 aliphatic carbocycles. The molecule has 0 aromatic carbocycles. The lowest BCUT2D eigenvalue weighted by molar-refractivity contribution is -0.870. The Morgan fingerprint density at radius 3 is 1.34 bits per heavy atom. The van der Waals surface area contributed by atoms with Gasteiger partial charge in [0, 0.05) is 12.8 Å². The minimum absolute atomic E-state index is 0.0340. The predicted molar refractivity (Wildman–Crippen MR) is 314 cm³/mol. The number of esters is 1. The molecule has 0 bridgehead atoms. The summed E-state index contributed by atoms with van der Waals surface area (Å²) in [5.41, 5.74) is 0. The number of allylic oxidation sites excluding steroid dienone is 11. The highest BCUT2D eigenvalue weighted by Gasteiger charge is 2.30. The summed E-state index contributed by atoms with van der Waals surface area (Å²) in [7, 11) is 1.48. The number of ether oxygens (including phenoxy) is 1. The van der Waals surface area contributed by atoms with Crippen LogP contribution in [0.5, 0.6) is 0 Å². The van der Waals surface area contributed by atoms with Crippen molar-refractivity contribution < 1.29 is 37.3 Å². The molecule has 0 radical (unpaired) electrons. The summed E-state index contributed by atoms with van der Waals surface area (Å²) in [4.78, 5) is 37.6. The maximum atomic E-state index is 13.5. The molecule has 0 saturated carbocycles. The standard InChI is InChI=1S/C63H115N2O7P/c1-7-10-13-16-19-22-25-28-30-31-32-33-34-35-36-37-40-43-46-49-52-55-62(66)64-60(59-71-73(68,69)70-58-57-65(4,5)6)61(54-51-48-45-42-39-27-24-21-18-15-12-9-3)72-63(67)56-53-50-47-44-41-38-29-26-23-20-17-14-11-8-2/h11,14,19-20,22-23,28-30,38,51,54,60-61H,7-10,12-13,15-18,21,24-27,31-37,39-50,52-53,55-59H2,1-6H3,(H-,64,66,68,69)/p+1/b14-11+,22-19-,23-20+,30-28-,38-29+,54-51-. The molecule has 73 heavy (non-hydrogen) atoms. The van der Waals surface area contributed by atoms with Crippen LogP contribution in [0.2, 0.25) is 0 Å². The fourth-order valence-corrected chi connectivity index (χ4v) is 9.19. The number of amides is 1. The van der Waals surface area contributed by atoms with Crippen molar-refractivity contribution in [3.8, 4) is 0 Å². The first-order valence-corrected chi connectivity index (χ1v) is 31.8. The summed E-state index contributed by atoms with van der Waals surface area (Å²) < 4.78 is 30.6. The maximum absolute atomic E-state index is 13.5. The van der Waals surface area contributed by atoms with Gasteiger partial charge in [-0.15, -0.1) is 0 Å². The van der Waals surface area contributed by atoms with Crippen molar-refractivity contribution in [2.75, 3.05) is 40.9 Å². The van der Waals surface area contributed by atoms with Crippen LogP contribution in [-0.2, 0) is 27.9 Å². The summed E-state index contributed by atoms with van der Waals surface area (Å²) in [5, 5.41) is 3.05. The largest absolute Gasteiger partial charge is 0.472 e. The molecule has 0 fully saturated rings. The zero-order chi connectivity index (χ0) is 53.6. The van der Waals surface area contributed by atoms with E-state index in [2.05, 4.69) is 86.8 Å². The second-order valence-corrected chi connectivity index (χ2v) is 22.9. The van der Waals surface area contributed by atoms with E-state index >= 15 is 0 Å². The molecular weight excluding hydrogens is 928 g/mol.